The van der Waals surface area contributed by atoms with Crippen molar-refractivity contribution in [2.24, 2.45) is 4.99 Å². The summed E-state index contributed by atoms with van der Waals surface area (Å²) in [7, 11) is 0. The Morgan fingerprint density at radius 2 is 1.41 bits per heavy atom. The van der Waals surface area contributed by atoms with Gasteiger partial charge in [-0.05, 0) is 67.3 Å². The third-order valence-electron chi connectivity index (χ3n) is 11.1. The Morgan fingerprint density at radius 1 is 0.887 bits per heavy atom. The molecule has 2 aromatic carbocycles. The van der Waals surface area contributed by atoms with Crippen molar-refractivity contribution in [3.8, 4) is 6.19 Å². The second-order valence-electron chi connectivity index (χ2n) is 16.4. The van der Waals surface area contributed by atoms with Crippen molar-refractivity contribution in [3.05, 3.63) is 69.7 Å². The van der Waals surface area contributed by atoms with E-state index in [1.54, 1.807) is 18.3 Å². The first-order chi connectivity index (χ1) is 32.9. The number of ether oxygens (including phenoxy) is 2. The van der Waals surface area contributed by atoms with Gasteiger partial charge in [0, 0.05) is 80.3 Å². The molecular weight excluding hydrogens is 1050 g/mol. The SMILES string of the molecule is CSC(=NC#N)N1CCC(=O)CC1.Cl.FC(F)(F)C[C@H]1CN[C@@H](Cc2ccc(Cl)cc2)CO1.Nc1nc(N2CCC(N3C[C@H](CC(F)(F)F)OC[C@@H]3Cc3ccc(Cl)cc3)CC2)n[nH]1.O=C(O)C(F)(F)F. The smallest absolute Gasteiger partial charge is 0.475 e. The number of nitrogens with one attached hydrogen (secondary N) is 2. The van der Waals surface area contributed by atoms with Crippen LogP contribution in [0.4, 0.5) is 51.4 Å². The van der Waals surface area contributed by atoms with Crippen LogP contribution in [0.2, 0.25) is 10.0 Å². The van der Waals surface area contributed by atoms with E-state index in [1.165, 1.54) is 11.8 Å². The maximum atomic E-state index is 13.0. The van der Waals surface area contributed by atoms with E-state index in [0.29, 0.717) is 60.7 Å². The van der Waals surface area contributed by atoms with Crippen molar-refractivity contribution in [2.45, 2.75) is 100 Å². The molecule has 0 amide bonds. The van der Waals surface area contributed by atoms with Crippen LogP contribution >= 0.6 is 47.4 Å². The number of carboxylic acid groups (broad SMARTS) is 1. The number of aromatic amines is 1. The molecule has 396 valence electrons. The van der Waals surface area contributed by atoms with E-state index in [4.69, 9.17) is 53.6 Å². The fraction of sp³-hybridized carbons (Fsp3) is 0.581. The highest BCUT2D eigenvalue weighted by atomic mass is 35.5. The van der Waals surface area contributed by atoms with Gasteiger partial charge >= 0.3 is 24.5 Å². The van der Waals surface area contributed by atoms with Gasteiger partial charge in [0.05, 0.1) is 38.3 Å². The number of ketones is 1. The zero-order valence-corrected chi connectivity index (χ0v) is 41.2. The number of nitriles is 1. The van der Waals surface area contributed by atoms with Crippen molar-refractivity contribution in [1.82, 2.24) is 30.3 Å². The number of amidine groups is 1. The van der Waals surface area contributed by atoms with Gasteiger partial charge in [-0.1, -0.05) is 59.2 Å². The number of nitrogens with two attached hydrogens (primary N) is 1. The Morgan fingerprint density at radius 3 is 1.86 bits per heavy atom. The number of carbonyl (C=O) groups excluding carboxylic acids is 1. The minimum atomic E-state index is -5.08. The summed E-state index contributed by atoms with van der Waals surface area (Å²) < 4.78 is 118. The zero-order chi connectivity index (χ0) is 51.6. The van der Waals surface area contributed by atoms with E-state index in [0.717, 1.165) is 48.6 Å². The molecule has 0 aliphatic carbocycles. The molecule has 28 heteroatoms. The van der Waals surface area contributed by atoms with Gasteiger partial charge in [-0.25, -0.2) is 9.89 Å². The number of piperidine rings is 2. The van der Waals surface area contributed by atoms with Crippen LogP contribution in [0, 0.1) is 11.5 Å². The summed E-state index contributed by atoms with van der Waals surface area (Å²) in [4.78, 5) is 33.9. The number of H-pyrrole nitrogens is 1. The molecule has 3 aromatic rings. The molecule has 0 unspecified atom stereocenters. The molecule has 4 aliphatic rings. The van der Waals surface area contributed by atoms with E-state index >= 15 is 0 Å². The van der Waals surface area contributed by atoms with E-state index < -0.39 is 49.5 Å². The van der Waals surface area contributed by atoms with Crippen molar-refractivity contribution >= 4 is 76.2 Å². The van der Waals surface area contributed by atoms with Gasteiger partial charge in [-0.2, -0.15) is 49.8 Å². The second kappa shape index (κ2) is 28.8. The van der Waals surface area contributed by atoms with Gasteiger partial charge in [0.1, 0.15) is 5.78 Å². The molecule has 4 atom stereocenters. The van der Waals surface area contributed by atoms with E-state index in [-0.39, 0.29) is 56.2 Å². The highest BCUT2D eigenvalue weighted by molar-refractivity contribution is 8.13. The molecule has 71 heavy (non-hydrogen) atoms. The number of halogens is 12. The Kier molecular flexibility index (Phi) is 24.8. The Bertz CT molecular complexity index is 2150. The lowest BCUT2D eigenvalue weighted by Crippen LogP contribution is -2.57. The third-order valence-corrected chi connectivity index (χ3v) is 12.4. The number of rotatable bonds is 8. The van der Waals surface area contributed by atoms with Crippen LogP contribution in [0.5, 0.6) is 0 Å². The van der Waals surface area contributed by atoms with Crippen molar-refractivity contribution in [2.75, 3.05) is 69.4 Å². The molecule has 0 bridgehead atoms. The lowest BCUT2D eigenvalue weighted by Gasteiger charge is -2.46. The van der Waals surface area contributed by atoms with Crippen LogP contribution in [0.1, 0.15) is 49.7 Å². The highest BCUT2D eigenvalue weighted by Crippen LogP contribution is 2.31. The normalized spacial score (nSPS) is 21.5. The molecule has 0 spiro atoms. The van der Waals surface area contributed by atoms with Crippen molar-refractivity contribution in [3.63, 3.8) is 0 Å². The number of hydrogen-bond acceptors (Lipinski definition) is 13. The minimum Gasteiger partial charge on any atom is -0.475 e. The van der Waals surface area contributed by atoms with Crippen LogP contribution < -0.4 is 16.0 Å². The first-order valence-corrected chi connectivity index (χ1v) is 23.7. The number of thioether (sulfide) groups is 1. The fourth-order valence-electron chi connectivity index (χ4n) is 7.81. The van der Waals surface area contributed by atoms with Gasteiger partial charge < -0.3 is 35.4 Å². The average molecular weight is 1100 g/mol. The predicted octanol–water partition coefficient (Wildman–Crippen LogP) is 8.37. The summed E-state index contributed by atoms with van der Waals surface area (Å²) in [5, 5.41) is 27.4. The summed E-state index contributed by atoms with van der Waals surface area (Å²) in [6.45, 7) is 3.91. The summed E-state index contributed by atoms with van der Waals surface area (Å²) in [6, 6.07) is 15.2. The molecule has 15 nitrogen and oxygen atoms in total. The number of aliphatic imine (C=N–C) groups is 1. The fourth-order valence-corrected chi connectivity index (χ4v) is 8.64. The number of carbonyl (C=O) groups is 2. The van der Waals surface area contributed by atoms with Gasteiger partial charge in [-0.15, -0.1) is 22.5 Å². The Balaban J connectivity index is 0.000000283. The summed E-state index contributed by atoms with van der Waals surface area (Å²) in [6.07, 6.45) is -9.09. The maximum absolute atomic E-state index is 13.0. The molecule has 5 heterocycles. The van der Waals surface area contributed by atoms with Crippen LogP contribution in [0.15, 0.2) is 53.5 Å². The van der Waals surface area contributed by atoms with E-state index in [9.17, 15) is 44.3 Å². The lowest BCUT2D eigenvalue weighted by molar-refractivity contribution is -0.192. The summed E-state index contributed by atoms with van der Waals surface area (Å²) >= 11 is 13.2. The van der Waals surface area contributed by atoms with Crippen LogP contribution in [0.25, 0.3) is 0 Å². The highest BCUT2D eigenvalue weighted by Gasteiger charge is 2.41. The first-order valence-electron chi connectivity index (χ1n) is 21.8. The Labute approximate surface area is 424 Å². The number of aliphatic carboxylic acids is 1. The molecule has 0 radical (unpaired) electrons. The lowest BCUT2D eigenvalue weighted by atomic mass is 9.96. The third kappa shape index (κ3) is 22.6. The molecule has 5 N–H and O–H groups in total. The van der Waals surface area contributed by atoms with Crippen LogP contribution in [-0.2, 0) is 31.9 Å². The Hall–Kier alpha value is -4.29. The standard InChI is InChI=1S/C20H26ClF3N6O.C13H15ClF3NO.C8H11N3OS.C2HF3O2.ClH/c21-14-3-1-13(2-4-14)9-16-12-31-17(10-20(22,23)24)11-30(16)15-5-7-29(8-6-15)19-26-18(25)27-28-19;14-10-3-1-9(2-4-10)5-11-8-19-12(7-18-11)6-13(15,16)17;1-13-8(10-6-9)11-4-2-7(12)3-5-11;3-2(4,5)1(6)7;/h1-4,15-17H,5-12H2,(H3,25,26,27,28);1-4,11-12,18H,5-8H2;2-5H2,1H3;(H,6,7);1H/t16-,17-;11-,12-;;;/m00.../s1. The van der Waals surface area contributed by atoms with Gasteiger partial charge in [0.2, 0.25) is 18.1 Å². The largest absolute Gasteiger partial charge is 0.490 e. The second-order valence-corrected chi connectivity index (χ2v) is 18.1. The van der Waals surface area contributed by atoms with E-state index in [1.807, 2.05) is 52.5 Å². The first kappa shape index (κ1) is 61.0. The number of aromatic nitrogens is 3. The number of morpholine rings is 2. The number of benzene rings is 2. The maximum Gasteiger partial charge on any atom is 0.490 e. The van der Waals surface area contributed by atoms with Crippen LogP contribution in [-0.4, -0.2) is 155 Å². The van der Waals surface area contributed by atoms with Gasteiger partial charge in [0.15, 0.2) is 5.17 Å². The molecular formula is C43H54Cl3F9N10O5S. The predicted molar refractivity (Wildman–Crippen MR) is 253 cm³/mol. The molecule has 1 aromatic heterocycles. The number of anilines is 2. The van der Waals surface area contributed by atoms with Gasteiger partial charge in [-0.3, -0.25) is 9.69 Å². The quantitative estimate of drug-likeness (QED) is 0.0726. The number of hydrogen-bond donors (Lipinski definition) is 4. The van der Waals surface area contributed by atoms with Crippen molar-refractivity contribution < 1.29 is 63.7 Å². The number of carboxylic acids is 1. The van der Waals surface area contributed by atoms with Crippen molar-refractivity contribution in [1.29, 1.82) is 5.26 Å². The summed E-state index contributed by atoms with van der Waals surface area (Å²) in [5.74, 6) is -1.63. The van der Waals surface area contributed by atoms with E-state index in [2.05, 4.69) is 30.4 Å². The number of alkyl halides is 9. The molecule has 4 fully saturated rings. The monoisotopic (exact) mass is 1100 g/mol. The minimum absolute atomic E-state index is 0. The molecule has 0 saturated carbocycles. The molecule has 4 aliphatic heterocycles. The van der Waals surface area contributed by atoms with Gasteiger partial charge in [0.25, 0.3) is 0 Å². The zero-order valence-electron chi connectivity index (χ0n) is 38.1. The topological polar surface area (TPSA) is 198 Å². The van der Waals surface area contributed by atoms with Crippen LogP contribution in [0.3, 0.4) is 0 Å². The molecule has 4 saturated heterocycles. The molecule has 7 rings (SSSR count). The number of likely N-dealkylation sites (tertiary alicyclic amines) is 1. The summed E-state index contributed by atoms with van der Waals surface area (Å²) in [5.41, 5.74) is 7.79. The number of nitrogen functional groups attached to an aromatic ring is 1. The number of Topliss-reactive ketones (excluding diaryl/α,β-unsaturated/α-hetero) is 1. The average Bonchev–Trinajstić information content (AvgIpc) is 3.74. The number of nitrogens with zero attached hydrogens (tertiary/aromatic N) is 7.